The molecule has 0 saturated carbocycles. The van der Waals surface area contributed by atoms with Crippen molar-refractivity contribution in [2.75, 3.05) is 14.7 Å². The molecule has 53 heavy (non-hydrogen) atoms. The fourth-order valence-electron chi connectivity index (χ4n) is 8.63. The van der Waals surface area contributed by atoms with Gasteiger partial charge in [0.25, 0.3) is 6.71 Å². The Morgan fingerprint density at radius 2 is 0.962 bits per heavy atom. The summed E-state index contributed by atoms with van der Waals surface area (Å²) < 4.78 is 7.12. The Hall–Kier alpha value is -6.98. The molecule has 4 nitrogen and oxygen atoms in total. The summed E-state index contributed by atoms with van der Waals surface area (Å²) in [4.78, 5) is 7.13. The molecule has 0 saturated heterocycles. The third kappa shape index (κ3) is 4.50. The average molecular weight is 678 g/mol. The maximum Gasteiger partial charge on any atom is 0.252 e. The minimum Gasteiger partial charge on any atom is -0.454 e. The lowest BCUT2D eigenvalue weighted by Crippen LogP contribution is -2.61. The lowest BCUT2D eigenvalue weighted by molar-refractivity contribution is 0.669. The monoisotopic (exact) mass is 677 g/mol. The zero-order chi connectivity index (χ0) is 34.9. The molecule has 0 amide bonds. The first-order valence-corrected chi connectivity index (χ1v) is 18.1. The van der Waals surface area contributed by atoms with Crippen LogP contribution in [-0.2, 0) is 0 Å². The Bertz CT molecular complexity index is 2760. The number of rotatable bonds is 5. The van der Waals surface area contributed by atoms with Gasteiger partial charge >= 0.3 is 0 Å². The highest BCUT2D eigenvalue weighted by Crippen LogP contribution is 2.47. The Balaban J connectivity index is 1.17. The van der Waals surface area contributed by atoms with Crippen LogP contribution in [0.5, 0.6) is 0 Å². The first-order valence-electron chi connectivity index (χ1n) is 18.1. The molecule has 9 aromatic rings. The van der Waals surface area contributed by atoms with Gasteiger partial charge in [-0.25, -0.2) is 0 Å². The van der Waals surface area contributed by atoms with Crippen LogP contribution in [0.2, 0.25) is 0 Å². The molecule has 248 valence electrons. The van der Waals surface area contributed by atoms with Gasteiger partial charge in [-0.2, -0.15) is 0 Å². The number of hydrogen-bond acceptors (Lipinski definition) is 4. The van der Waals surface area contributed by atoms with Crippen LogP contribution in [0.4, 0.5) is 51.2 Å². The number of fused-ring (bicyclic) bond motifs is 8. The molecule has 0 aliphatic carbocycles. The summed E-state index contributed by atoms with van der Waals surface area (Å²) in [5.74, 6) is 0. The summed E-state index contributed by atoms with van der Waals surface area (Å²) in [5.41, 5.74) is 15.7. The molecule has 0 fully saturated rings. The second kappa shape index (κ2) is 11.8. The number of benzene rings is 8. The van der Waals surface area contributed by atoms with Crippen LogP contribution >= 0.6 is 0 Å². The molecular formula is C48H32BN3O. The van der Waals surface area contributed by atoms with Gasteiger partial charge in [-0.3, -0.25) is 0 Å². The molecule has 1 aromatic heterocycles. The number of para-hydroxylation sites is 5. The fraction of sp³-hybridized carbons (Fsp3) is 0. The largest absolute Gasteiger partial charge is 0.454 e. The zero-order valence-corrected chi connectivity index (χ0v) is 28.8. The van der Waals surface area contributed by atoms with E-state index in [1.165, 1.54) is 27.8 Å². The summed E-state index contributed by atoms with van der Waals surface area (Å²) in [5, 5.41) is 2.20. The maximum atomic E-state index is 7.12. The van der Waals surface area contributed by atoms with E-state index in [2.05, 4.69) is 209 Å². The fourth-order valence-corrected chi connectivity index (χ4v) is 8.63. The first-order chi connectivity index (χ1) is 26.3. The smallest absolute Gasteiger partial charge is 0.252 e. The van der Waals surface area contributed by atoms with Crippen molar-refractivity contribution in [3.05, 3.63) is 194 Å². The molecule has 2 aliphatic heterocycles. The van der Waals surface area contributed by atoms with Crippen LogP contribution in [-0.4, -0.2) is 6.71 Å². The van der Waals surface area contributed by atoms with E-state index < -0.39 is 0 Å². The van der Waals surface area contributed by atoms with Crippen LogP contribution in [0.1, 0.15) is 0 Å². The van der Waals surface area contributed by atoms with Crippen LogP contribution < -0.4 is 31.1 Å². The van der Waals surface area contributed by atoms with Crippen molar-refractivity contribution < 1.29 is 4.42 Å². The summed E-state index contributed by atoms with van der Waals surface area (Å²) in [7, 11) is 0. The van der Waals surface area contributed by atoms with E-state index >= 15 is 0 Å². The normalized spacial score (nSPS) is 12.8. The molecular weight excluding hydrogens is 645 g/mol. The Morgan fingerprint density at radius 1 is 0.415 bits per heavy atom. The molecule has 0 bridgehead atoms. The molecule has 0 atom stereocenters. The van der Waals surface area contributed by atoms with E-state index in [1.54, 1.807) is 0 Å². The second-order valence-corrected chi connectivity index (χ2v) is 13.7. The maximum absolute atomic E-state index is 7.12. The van der Waals surface area contributed by atoms with E-state index in [-0.39, 0.29) is 6.71 Å². The molecule has 11 rings (SSSR count). The van der Waals surface area contributed by atoms with Crippen molar-refractivity contribution >= 4 is 96.2 Å². The third-order valence-corrected chi connectivity index (χ3v) is 10.8. The van der Waals surface area contributed by atoms with Gasteiger partial charge in [0.05, 0.1) is 5.69 Å². The van der Waals surface area contributed by atoms with E-state index in [9.17, 15) is 0 Å². The summed E-state index contributed by atoms with van der Waals surface area (Å²) >= 11 is 0. The highest BCUT2D eigenvalue weighted by Gasteiger charge is 2.44. The summed E-state index contributed by atoms with van der Waals surface area (Å²) in [6, 6.07) is 69.4. The highest BCUT2D eigenvalue weighted by molar-refractivity contribution is 7.00. The van der Waals surface area contributed by atoms with Gasteiger partial charge < -0.3 is 19.1 Å². The molecule has 8 aromatic carbocycles. The lowest BCUT2D eigenvalue weighted by atomic mass is 9.33. The Kier molecular flexibility index (Phi) is 6.61. The minimum absolute atomic E-state index is 0.0205. The molecule has 2 aliphatic rings. The van der Waals surface area contributed by atoms with Crippen molar-refractivity contribution in [1.29, 1.82) is 0 Å². The molecule has 0 unspecified atom stereocenters. The summed E-state index contributed by atoms with van der Waals surface area (Å²) in [6.07, 6.45) is 0. The highest BCUT2D eigenvalue weighted by atomic mass is 16.3. The van der Waals surface area contributed by atoms with Gasteiger partial charge in [0.2, 0.25) is 0 Å². The SMILES string of the molecule is c1ccc(N(c2ccccc2)c2ccc3c(c2)oc2c4c(ccc23)B2c3ccccc3N(c3ccccc3)c3cccc(c32)N4c2ccccc2)cc1. The van der Waals surface area contributed by atoms with Crippen molar-refractivity contribution in [1.82, 2.24) is 0 Å². The molecule has 5 heteroatoms. The van der Waals surface area contributed by atoms with Crippen molar-refractivity contribution in [3.63, 3.8) is 0 Å². The summed E-state index contributed by atoms with van der Waals surface area (Å²) in [6.45, 7) is 0.0205. The number of hydrogen-bond donors (Lipinski definition) is 0. The van der Waals surface area contributed by atoms with Crippen LogP contribution in [0.25, 0.3) is 21.9 Å². The predicted molar refractivity (Wildman–Crippen MR) is 222 cm³/mol. The van der Waals surface area contributed by atoms with Crippen molar-refractivity contribution in [2.24, 2.45) is 0 Å². The predicted octanol–water partition coefficient (Wildman–Crippen LogP) is 11.1. The Labute approximate surface area is 308 Å². The van der Waals surface area contributed by atoms with Gasteiger partial charge in [0.15, 0.2) is 5.58 Å². The van der Waals surface area contributed by atoms with Crippen LogP contribution in [0.3, 0.4) is 0 Å². The van der Waals surface area contributed by atoms with E-state index in [1.807, 2.05) is 0 Å². The van der Waals surface area contributed by atoms with Crippen molar-refractivity contribution in [2.45, 2.75) is 0 Å². The van der Waals surface area contributed by atoms with Gasteiger partial charge in [-0.15, -0.1) is 0 Å². The van der Waals surface area contributed by atoms with Crippen molar-refractivity contribution in [3.8, 4) is 0 Å². The zero-order valence-electron chi connectivity index (χ0n) is 28.8. The number of anilines is 9. The molecule has 0 radical (unpaired) electrons. The molecule has 0 spiro atoms. The molecule has 0 N–H and O–H groups in total. The van der Waals surface area contributed by atoms with Gasteiger partial charge in [-0.1, -0.05) is 109 Å². The van der Waals surface area contributed by atoms with Gasteiger partial charge in [-0.05, 0) is 95.3 Å². The van der Waals surface area contributed by atoms with Crippen LogP contribution in [0.15, 0.2) is 199 Å². The lowest BCUT2D eigenvalue weighted by Gasteiger charge is -2.43. The quantitative estimate of drug-likeness (QED) is 0.169. The topological polar surface area (TPSA) is 22.9 Å². The van der Waals surface area contributed by atoms with Gasteiger partial charge in [0.1, 0.15) is 5.58 Å². The first kappa shape index (κ1) is 29.7. The van der Waals surface area contributed by atoms with Gasteiger partial charge in [0, 0.05) is 62.3 Å². The number of furan rings is 1. The van der Waals surface area contributed by atoms with Crippen LogP contribution in [0, 0.1) is 0 Å². The average Bonchev–Trinajstić information content (AvgIpc) is 3.61. The second-order valence-electron chi connectivity index (χ2n) is 13.7. The number of nitrogens with zero attached hydrogens (tertiary/aromatic N) is 3. The van der Waals surface area contributed by atoms with E-state index in [0.717, 1.165) is 61.8 Å². The standard InChI is InChI=1S/C48H32BN3O/c1-5-16-33(17-6-1)50(34-18-7-2-8-19-34)37-28-29-38-39-30-31-41-47(48(39)53-45(38)32-37)52(36-22-11-4-12-23-36)44-27-15-26-43-46(44)49(41)40-24-13-14-25-42(40)51(43)35-20-9-3-10-21-35/h1-32H. The minimum atomic E-state index is 0.0205. The Morgan fingerprint density at radius 3 is 1.64 bits per heavy atom. The van der Waals surface area contributed by atoms with E-state index in [0.29, 0.717) is 0 Å². The van der Waals surface area contributed by atoms with E-state index in [4.69, 9.17) is 4.42 Å². The molecule has 3 heterocycles. The third-order valence-electron chi connectivity index (χ3n) is 10.8.